The SMILES string of the molecule is CC[C@H](C)[C@@H]1NC(=O)[C@H](Cc2ccc(O)cc2)NC(=O)CCSSC[C@@H](C(=O)N(CC(=O)N[C@@H](CC(C)C)C(=O)NCC(N)=O)CC2CCCO2)NC(=O)[C@H](CC(N)=O)NC(=O)[C@H](CCC(N)=O)NC1=O. The van der Waals surface area contributed by atoms with Gasteiger partial charge in [0.2, 0.25) is 65.0 Å². The van der Waals surface area contributed by atoms with Crippen molar-refractivity contribution >= 4 is 86.6 Å². The second-order valence-corrected chi connectivity index (χ2v) is 20.5. The van der Waals surface area contributed by atoms with Crippen molar-refractivity contribution in [1.82, 2.24) is 42.1 Å². The Morgan fingerprint density at radius 3 is 2.10 bits per heavy atom. The summed E-state index contributed by atoms with van der Waals surface area (Å²) in [5.41, 5.74) is 16.7. The highest BCUT2D eigenvalue weighted by atomic mass is 33.1. The molecule has 26 heteroatoms. The van der Waals surface area contributed by atoms with Crippen molar-refractivity contribution in [1.29, 1.82) is 0 Å². The molecule has 11 amide bonds. The van der Waals surface area contributed by atoms with Gasteiger partial charge in [-0.1, -0.05) is 67.8 Å². The summed E-state index contributed by atoms with van der Waals surface area (Å²) >= 11 is 0. The van der Waals surface area contributed by atoms with Crippen molar-refractivity contribution in [2.24, 2.45) is 29.0 Å². The first kappa shape index (κ1) is 59.2. The molecule has 14 N–H and O–H groups in total. The third-order valence-electron chi connectivity index (χ3n) is 11.4. The smallest absolute Gasteiger partial charge is 0.246 e. The van der Waals surface area contributed by atoms with Crippen LogP contribution in [0.4, 0.5) is 0 Å². The first-order valence-electron chi connectivity index (χ1n) is 23.4. The molecular weight excluding hydrogens is 967 g/mol. The Labute approximate surface area is 420 Å². The lowest BCUT2D eigenvalue weighted by Crippen LogP contribution is -2.61. The number of phenols is 1. The summed E-state index contributed by atoms with van der Waals surface area (Å²) in [6.45, 7) is 6.19. The molecule has 1 aromatic rings. The Morgan fingerprint density at radius 1 is 0.831 bits per heavy atom. The van der Waals surface area contributed by atoms with Gasteiger partial charge < -0.3 is 69.2 Å². The fourth-order valence-electron chi connectivity index (χ4n) is 7.46. The second kappa shape index (κ2) is 29.9. The van der Waals surface area contributed by atoms with Gasteiger partial charge in [0.15, 0.2) is 0 Å². The van der Waals surface area contributed by atoms with E-state index in [0.29, 0.717) is 31.4 Å². The molecule has 2 heterocycles. The summed E-state index contributed by atoms with van der Waals surface area (Å²) in [5.74, 6) is -9.99. The van der Waals surface area contributed by atoms with Crippen LogP contribution < -0.4 is 54.4 Å². The number of amides is 11. The highest BCUT2D eigenvalue weighted by Crippen LogP contribution is 2.25. The van der Waals surface area contributed by atoms with E-state index in [4.69, 9.17) is 21.9 Å². The number of aromatic hydroxyl groups is 1. The van der Waals surface area contributed by atoms with Crippen molar-refractivity contribution in [2.45, 2.75) is 128 Å². The van der Waals surface area contributed by atoms with E-state index in [1.165, 1.54) is 12.1 Å². The largest absolute Gasteiger partial charge is 0.508 e. The maximum atomic E-state index is 14.7. The average molecular weight is 1040 g/mol. The lowest BCUT2D eigenvalue weighted by molar-refractivity contribution is -0.141. The molecule has 0 bridgehead atoms. The van der Waals surface area contributed by atoms with Crippen LogP contribution in [-0.4, -0.2) is 155 Å². The summed E-state index contributed by atoms with van der Waals surface area (Å²) in [5, 5.41) is 27.8. The van der Waals surface area contributed by atoms with E-state index in [1.807, 2.05) is 13.8 Å². The van der Waals surface area contributed by atoms with Gasteiger partial charge in [-0.15, -0.1) is 0 Å². The van der Waals surface area contributed by atoms with Gasteiger partial charge in [0, 0.05) is 43.9 Å². The number of ether oxygens (including phenoxy) is 1. The first-order chi connectivity index (χ1) is 33.6. The summed E-state index contributed by atoms with van der Waals surface area (Å²) < 4.78 is 5.80. The van der Waals surface area contributed by atoms with Crippen LogP contribution in [0.5, 0.6) is 5.75 Å². The third kappa shape index (κ3) is 21.4. The number of nitrogens with one attached hydrogen (secondary N) is 7. The van der Waals surface area contributed by atoms with Crippen LogP contribution in [0.1, 0.15) is 84.6 Å². The van der Waals surface area contributed by atoms with E-state index in [0.717, 1.165) is 26.5 Å². The molecule has 2 saturated heterocycles. The van der Waals surface area contributed by atoms with Crippen LogP contribution >= 0.6 is 21.6 Å². The van der Waals surface area contributed by atoms with Crippen LogP contribution in [0.15, 0.2) is 24.3 Å². The zero-order chi connectivity index (χ0) is 52.8. The summed E-state index contributed by atoms with van der Waals surface area (Å²) in [6.07, 6.45) is -0.628. The van der Waals surface area contributed by atoms with E-state index < -0.39 is 146 Å². The van der Waals surface area contributed by atoms with Crippen LogP contribution in [0.25, 0.3) is 0 Å². The number of benzene rings is 1. The van der Waals surface area contributed by atoms with Crippen LogP contribution in [0, 0.1) is 11.8 Å². The molecule has 394 valence electrons. The minimum Gasteiger partial charge on any atom is -0.508 e. The summed E-state index contributed by atoms with van der Waals surface area (Å²) in [7, 11) is 2.20. The van der Waals surface area contributed by atoms with E-state index in [-0.39, 0.29) is 49.0 Å². The average Bonchev–Trinajstić information content (AvgIpc) is 3.82. The Morgan fingerprint density at radius 2 is 1.49 bits per heavy atom. The Bertz CT molecular complexity index is 2060. The molecule has 3 rings (SSSR count). The first-order valence-corrected chi connectivity index (χ1v) is 25.9. The van der Waals surface area contributed by atoms with Gasteiger partial charge in [-0.3, -0.25) is 52.7 Å². The molecule has 71 heavy (non-hydrogen) atoms. The number of nitrogens with two attached hydrogens (primary N) is 3. The van der Waals surface area contributed by atoms with E-state index >= 15 is 0 Å². The number of nitrogens with zero attached hydrogens (tertiary/aromatic N) is 1. The second-order valence-electron chi connectivity index (χ2n) is 17.9. The topological polar surface area (TPSA) is 383 Å². The number of carbonyl (C=O) groups excluding carboxylic acids is 11. The Hall–Kier alpha value is -6.15. The quantitative estimate of drug-likeness (QED) is 0.0600. The molecule has 0 radical (unpaired) electrons. The number of hydrogen-bond acceptors (Lipinski definition) is 15. The van der Waals surface area contributed by atoms with Gasteiger partial charge in [-0.25, -0.2) is 0 Å². The predicted molar refractivity (Wildman–Crippen MR) is 262 cm³/mol. The number of hydrogen-bond donors (Lipinski definition) is 11. The zero-order valence-corrected chi connectivity index (χ0v) is 42.1. The highest BCUT2D eigenvalue weighted by molar-refractivity contribution is 8.76. The standard InChI is InChI=1S/C45H69N11O13S2/c1-5-25(4)39-44(67)52-29(12-13-34(46)58)41(64)53-32(19-35(47)59)42(65)54-33(23-71-70-16-14-37(61)50-31(43(66)55-39)18-26-8-10-27(57)11-9-26)45(68)56(21-28-7-6-15-69-28)22-38(62)51-30(17-24(2)3)40(63)49-20-36(48)60/h8-11,24-25,28-33,39,57H,5-7,12-23H2,1-4H3,(H2,46,58)(H2,47,59)(H2,48,60)(H,49,63)(H,50,61)(H,51,62)(H,52,67)(H,53,64)(H,54,65)(H,55,66)/t25-,28?,29-,30-,31-,32-,33-,39-/m0/s1. The third-order valence-corrected chi connectivity index (χ3v) is 13.8. The minimum absolute atomic E-state index is 0.0298. The maximum absolute atomic E-state index is 14.7. The summed E-state index contributed by atoms with van der Waals surface area (Å²) in [6, 6.07) is -2.53. The lowest BCUT2D eigenvalue weighted by atomic mass is 9.96. The molecule has 24 nitrogen and oxygen atoms in total. The maximum Gasteiger partial charge on any atom is 0.246 e. The molecule has 8 atom stereocenters. The lowest BCUT2D eigenvalue weighted by Gasteiger charge is -2.31. The molecule has 0 spiro atoms. The van der Waals surface area contributed by atoms with Crippen molar-refractivity contribution < 1.29 is 62.6 Å². The monoisotopic (exact) mass is 1040 g/mol. The number of rotatable bonds is 20. The Kier molecular flexibility index (Phi) is 24.9. The molecule has 0 aromatic heterocycles. The minimum atomic E-state index is -1.76. The van der Waals surface area contributed by atoms with E-state index in [1.54, 1.807) is 26.0 Å². The van der Waals surface area contributed by atoms with Crippen molar-refractivity contribution in [3.63, 3.8) is 0 Å². The predicted octanol–water partition coefficient (Wildman–Crippen LogP) is -2.53. The van der Waals surface area contributed by atoms with Crippen LogP contribution in [0.3, 0.4) is 0 Å². The number of carbonyl (C=O) groups is 11. The molecule has 0 saturated carbocycles. The van der Waals surface area contributed by atoms with Crippen molar-refractivity contribution in [2.75, 3.05) is 37.7 Å². The molecule has 1 aromatic carbocycles. The molecule has 0 aliphatic carbocycles. The van der Waals surface area contributed by atoms with E-state index in [9.17, 15) is 57.8 Å². The summed E-state index contributed by atoms with van der Waals surface area (Å²) in [4.78, 5) is 148. The van der Waals surface area contributed by atoms with Crippen molar-refractivity contribution in [3.8, 4) is 5.75 Å². The number of phenolic OH excluding ortho intramolecular Hbond substituents is 1. The van der Waals surface area contributed by atoms with Crippen molar-refractivity contribution in [3.05, 3.63) is 29.8 Å². The molecular formula is C45H69N11O13S2. The zero-order valence-electron chi connectivity index (χ0n) is 40.5. The molecule has 1 unspecified atom stereocenters. The van der Waals surface area contributed by atoms with Gasteiger partial charge in [-0.2, -0.15) is 0 Å². The van der Waals surface area contributed by atoms with Gasteiger partial charge in [-0.05, 0) is 55.2 Å². The molecule has 2 aliphatic heterocycles. The van der Waals surface area contributed by atoms with Gasteiger partial charge >= 0.3 is 0 Å². The fourth-order valence-corrected chi connectivity index (χ4v) is 9.60. The molecule has 2 aliphatic rings. The van der Waals surface area contributed by atoms with E-state index in [2.05, 4.69) is 37.2 Å². The normalized spacial score (nSPS) is 22.8. The Balaban J connectivity index is 2.06. The van der Waals surface area contributed by atoms with Crippen LogP contribution in [-0.2, 0) is 63.9 Å². The van der Waals surface area contributed by atoms with Gasteiger partial charge in [0.05, 0.1) is 25.6 Å². The van der Waals surface area contributed by atoms with Gasteiger partial charge in [0.25, 0.3) is 0 Å². The highest BCUT2D eigenvalue weighted by Gasteiger charge is 2.37. The molecule has 2 fully saturated rings. The van der Waals surface area contributed by atoms with Crippen LogP contribution in [0.2, 0.25) is 0 Å². The number of primary amides is 3. The van der Waals surface area contributed by atoms with Gasteiger partial charge in [0.1, 0.15) is 42.0 Å². The fraction of sp³-hybridized carbons (Fsp3) is 0.622.